The van der Waals surface area contributed by atoms with Crippen molar-refractivity contribution in [3.8, 4) is 5.75 Å². The first-order chi connectivity index (χ1) is 15.9. The summed E-state index contributed by atoms with van der Waals surface area (Å²) in [4.78, 5) is 43.1. The SMILES string of the molecule is COc1cc(=O)n2c(c1C(=O)N(C)Cc1nonc1C)CCN(C(=O)C1C(C)(C)C1(C)C)CC2. The van der Waals surface area contributed by atoms with Crippen LogP contribution in [0.3, 0.4) is 0 Å². The van der Waals surface area contributed by atoms with E-state index in [1.165, 1.54) is 18.1 Å². The molecule has 0 spiro atoms. The molecule has 10 heteroatoms. The summed E-state index contributed by atoms with van der Waals surface area (Å²) in [7, 11) is 3.10. The van der Waals surface area contributed by atoms with Crippen molar-refractivity contribution in [2.45, 2.75) is 54.1 Å². The molecule has 0 radical (unpaired) electrons. The van der Waals surface area contributed by atoms with Crippen molar-refractivity contribution >= 4 is 11.8 Å². The molecule has 1 saturated carbocycles. The summed E-state index contributed by atoms with van der Waals surface area (Å²) in [5.74, 6) is -0.0135. The lowest BCUT2D eigenvalue weighted by molar-refractivity contribution is -0.133. The molecule has 0 N–H and O–H groups in total. The summed E-state index contributed by atoms with van der Waals surface area (Å²) in [5, 5.41) is 7.62. The van der Waals surface area contributed by atoms with Gasteiger partial charge in [0.25, 0.3) is 11.5 Å². The van der Waals surface area contributed by atoms with Crippen LogP contribution >= 0.6 is 0 Å². The number of carbonyl (C=O) groups is 2. The zero-order valence-electron chi connectivity index (χ0n) is 21.0. The molecule has 1 aliphatic carbocycles. The van der Waals surface area contributed by atoms with Crippen molar-refractivity contribution in [3.63, 3.8) is 0 Å². The second-order valence-electron chi connectivity index (χ2n) is 10.4. The zero-order valence-corrected chi connectivity index (χ0v) is 21.0. The van der Waals surface area contributed by atoms with Gasteiger partial charge in [-0.15, -0.1) is 0 Å². The van der Waals surface area contributed by atoms with Gasteiger partial charge in [0.05, 0.1) is 13.7 Å². The number of pyridine rings is 1. The fourth-order valence-corrected chi connectivity index (χ4v) is 5.24. The number of aryl methyl sites for hydroxylation is 1. The van der Waals surface area contributed by atoms with Gasteiger partial charge < -0.3 is 19.1 Å². The fourth-order valence-electron chi connectivity index (χ4n) is 5.24. The monoisotopic (exact) mass is 471 g/mol. The van der Waals surface area contributed by atoms with Crippen LogP contribution in [0.4, 0.5) is 0 Å². The number of aromatic nitrogens is 3. The Labute approximate surface area is 198 Å². The minimum Gasteiger partial charge on any atom is -0.496 e. The van der Waals surface area contributed by atoms with E-state index in [4.69, 9.17) is 9.37 Å². The highest BCUT2D eigenvalue weighted by Gasteiger charge is 2.68. The number of amides is 2. The van der Waals surface area contributed by atoms with Crippen molar-refractivity contribution in [3.05, 3.63) is 39.1 Å². The molecule has 10 nitrogen and oxygen atoms in total. The predicted molar refractivity (Wildman–Crippen MR) is 123 cm³/mol. The predicted octanol–water partition coefficient (Wildman–Crippen LogP) is 1.89. The summed E-state index contributed by atoms with van der Waals surface area (Å²) in [5.41, 5.74) is 1.70. The van der Waals surface area contributed by atoms with E-state index in [0.717, 1.165) is 0 Å². The minimum absolute atomic E-state index is 0.0565. The Hall–Kier alpha value is -3.17. The Morgan fingerprint density at radius 3 is 2.41 bits per heavy atom. The molecule has 0 unspecified atom stereocenters. The van der Waals surface area contributed by atoms with E-state index >= 15 is 0 Å². The van der Waals surface area contributed by atoms with Gasteiger partial charge in [0, 0.05) is 50.8 Å². The number of carbonyl (C=O) groups excluding carboxylic acids is 2. The average molecular weight is 472 g/mol. The first-order valence-corrected chi connectivity index (χ1v) is 11.5. The maximum absolute atomic E-state index is 13.5. The molecule has 2 aromatic rings. The maximum Gasteiger partial charge on any atom is 0.259 e. The molecule has 2 aromatic heterocycles. The lowest BCUT2D eigenvalue weighted by Gasteiger charge is -2.22. The molecule has 0 atom stereocenters. The number of rotatable bonds is 5. The molecular formula is C24H33N5O5. The van der Waals surface area contributed by atoms with E-state index in [1.807, 2.05) is 4.90 Å². The highest BCUT2D eigenvalue weighted by atomic mass is 16.6. The van der Waals surface area contributed by atoms with Crippen molar-refractivity contribution in [1.29, 1.82) is 0 Å². The van der Waals surface area contributed by atoms with Gasteiger partial charge in [0.1, 0.15) is 22.7 Å². The topological polar surface area (TPSA) is 111 Å². The third kappa shape index (κ3) is 3.69. The average Bonchev–Trinajstić information content (AvgIpc) is 3.04. The third-order valence-corrected chi connectivity index (χ3v) is 8.09. The highest BCUT2D eigenvalue weighted by molar-refractivity contribution is 5.98. The Morgan fingerprint density at radius 1 is 1.18 bits per heavy atom. The van der Waals surface area contributed by atoms with Gasteiger partial charge in [-0.05, 0) is 17.8 Å². The number of hydrogen-bond acceptors (Lipinski definition) is 7. The quantitative estimate of drug-likeness (QED) is 0.655. The van der Waals surface area contributed by atoms with Crippen LogP contribution in [0.25, 0.3) is 0 Å². The van der Waals surface area contributed by atoms with E-state index < -0.39 is 0 Å². The number of ether oxygens (including phenoxy) is 1. The number of methoxy groups -OCH3 is 1. The Bertz CT molecular complexity index is 1180. The molecule has 0 bridgehead atoms. The summed E-state index contributed by atoms with van der Waals surface area (Å²) < 4.78 is 11.8. The molecule has 0 saturated heterocycles. The van der Waals surface area contributed by atoms with E-state index in [0.29, 0.717) is 48.7 Å². The van der Waals surface area contributed by atoms with Crippen LogP contribution in [0.15, 0.2) is 15.5 Å². The van der Waals surface area contributed by atoms with Gasteiger partial charge >= 0.3 is 0 Å². The number of nitrogens with zero attached hydrogens (tertiary/aromatic N) is 5. The molecular weight excluding hydrogens is 438 g/mol. The number of fused-ring (bicyclic) bond motifs is 1. The molecule has 2 amide bonds. The molecule has 184 valence electrons. The van der Waals surface area contributed by atoms with E-state index in [-0.39, 0.29) is 46.4 Å². The van der Waals surface area contributed by atoms with Crippen LogP contribution < -0.4 is 10.3 Å². The van der Waals surface area contributed by atoms with Crippen molar-refractivity contribution in [1.82, 2.24) is 24.7 Å². The molecule has 2 aliphatic rings. The van der Waals surface area contributed by atoms with Gasteiger partial charge in [-0.2, -0.15) is 0 Å². The molecule has 0 aromatic carbocycles. The summed E-state index contributed by atoms with van der Waals surface area (Å²) in [6.07, 6.45) is 0.380. The summed E-state index contributed by atoms with van der Waals surface area (Å²) in [6.45, 7) is 11.6. The molecule has 1 fully saturated rings. The van der Waals surface area contributed by atoms with Crippen LogP contribution in [-0.4, -0.2) is 63.7 Å². The van der Waals surface area contributed by atoms with Crippen LogP contribution in [0.5, 0.6) is 5.75 Å². The van der Waals surface area contributed by atoms with Gasteiger partial charge in [0.15, 0.2) is 0 Å². The Balaban J connectivity index is 1.63. The molecule has 3 heterocycles. The first-order valence-electron chi connectivity index (χ1n) is 11.5. The highest BCUT2D eigenvalue weighted by Crippen LogP contribution is 2.68. The van der Waals surface area contributed by atoms with Crippen LogP contribution in [0, 0.1) is 23.7 Å². The van der Waals surface area contributed by atoms with Crippen LogP contribution in [0.1, 0.15) is 55.1 Å². The van der Waals surface area contributed by atoms with E-state index in [1.54, 1.807) is 18.5 Å². The first kappa shape index (κ1) is 24.0. The normalized spacial score (nSPS) is 18.7. The van der Waals surface area contributed by atoms with Gasteiger partial charge in [-0.1, -0.05) is 38.0 Å². The standard InChI is InChI=1S/C24H33N5O5/c1-14-15(26-34-25-14)13-27(6)21(31)19-16-8-9-28(22(32)20-23(2,3)24(20,4)5)10-11-29(16)18(30)12-17(19)33-7/h12,20H,8-11,13H2,1-7H3. The lowest BCUT2D eigenvalue weighted by Crippen LogP contribution is -2.36. The lowest BCUT2D eigenvalue weighted by atomic mass is 10.0. The fraction of sp³-hybridized carbons (Fsp3) is 0.625. The largest absolute Gasteiger partial charge is 0.496 e. The van der Waals surface area contributed by atoms with Crippen molar-refractivity contribution in [2.24, 2.45) is 16.7 Å². The van der Waals surface area contributed by atoms with E-state index in [2.05, 4.69) is 38.0 Å². The summed E-state index contributed by atoms with van der Waals surface area (Å²) >= 11 is 0. The molecule has 34 heavy (non-hydrogen) atoms. The van der Waals surface area contributed by atoms with Crippen LogP contribution in [0.2, 0.25) is 0 Å². The second-order valence-corrected chi connectivity index (χ2v) is 10.4. The molecule has 4 rings (SSSR count). The van der Waals surface area contributed by atoms with Gasteiger partial charge in [0.2, 0.25) is 5.91 Å². The van der Waals surface area contributed by atoms with Crippen molar-refractivity contribution < 1.29 is 19.0 Å². The van der Waals surface area contributed by atoms with Crippen LogP contribution in [-0.2, 0) is 24.3 Å². The Morgan fingerprint density at radius 2 is 1.85 bits per heavy atom. The van der Waals surface area contributed by atoms with Gasteiger partial charge in [-0.3, -0.25) is 14.4 Å². The maximum atomic E-state index is 13.5. The zero-order chi connectivity index (χ0) is 25.0. The smallest absolute Gasteiger partial charge is 0.259 e. The number of hydrogen-bond donors (Lipinski definition) is 0. The van der Waals surface area contributed by atoms with Gasteiger partial charge in [-0.25, -0.2) is 4.63 Å². The third-order valence-electron chi connectivity index (χ3n) is 8.09. The Kier molecular flexibility index (Phi) is 5.81. The second kappa shape index (κ2) is 8.25. The summed E-state index contributed by atoms with van der Waals surface area (Å²) in [6, 6.07) is 1.35. The minimum atomic E-state index is -0.299. The van der Waals surface area contributed by atoms with E-state index in [9.17, 15) is 14.4 Å². The van der Waals surface area contributed by atoms with Crippen molar-refractivity contribution in [2.75, 3.05) is 27.2 Å². The molecule has 1 aliphatic heterocycles.